The Morgan fingerprint density at radius 2 is 1.00 bits per heavy atom. The molecule has 0 bridgehead atoms. The smallest absolute Gasteiger partial charge is 0.157 e. The van der Waals surface area contributed by atoms with Gasteiger partial charge in [0.1, 0.15) is 0 Å². The van der Waals surface area contributed by atoms with Gasteiger partial charge in [0, 0.05) is 28.1 Å². The van der Waals surface area contributed by atoms with Gasteiger partial charge < -0.3 is 10.6 Å². The molecule has 0 aromatic heterocycles. The molecule has 4 fully saturated rings. The van der Waals surface area contributed by atoms with E-state index in [1.807, 2.05) is 23.5 Å². The van der Waals surface area contributed by atoms with E-state index in [0.717, 1.165) is 11.5 Å². The number of hydrogen-bond donors (Lipinski definition) is 2. The van der Waals surface area contributed by atoms with Crippen LogP contribution in [0.1, 0.15) is 140 Å². The summed E-state index contributed by atoms with van der Waals surface area (Å²) in [6, 6.07) is 9.10. The molecule has 2 N–H and O–H groups in total. The number of nitrogens with zero attached hydrogens (tertiary/aromatic N) is 2. The third-order valence-electron chi connectivity index (χ3n) is 9.51. The number of rotatable bonds is 8. The quantitative estimate of drug-likeness (QED) is 0.215. The van der Waals surface area contributed by atoms with Crippen molar-refractivity contribution in [1.29, 1.82) is 0 Å². The molecule has 228 valence electrons. The molecular formula is C34H53BrN4S2. The summed E-state index contributed by atoms with van der Waals surface area (Å²) < 4.78 is 1.17. The number of benzene rings is 1. The van der Waals surface area contributed by atoms with Crippen LogP contribution in [0.3, 0.4) is 0 Å². The molecule has 0 aliphatic heterocycles. The van der Waals surface area contributed by atoms with Crippen LogP contribution < -0.4 is 10.6 Å². The molecule has 0 unspecified atom stereocenters. The second kappa shape index (κ2) is 17.6. The van der Waals surface area contributed by atoms with Crippen LogP contribution in [0.4, 0.5) is 0 Å². The molecule has 4 aliphatic rings. The average Bonchev–Trinajstić information content (AvgIpc) is 3.01. The van der Waals surface area contributed by atoms with E-state index in [1.54, 1.807) is 0 Å². The van der Waals surface area contributed by atoms with Crippen LogP contribution >= 0.6 is 39.5 Å². The molecule has 7 heteroatoms. The summed E-state index contributed by atoms with van der Waals surface area (Å²) in [4.78, 5) is 10.6. The minimum Gasteiger partial charge on any atom is -0.362 e. The molecule has 0 spiro atoms. The van der Waals surface area contributed by atoms with Gasteiger partial charge in [-0.1, -0.05) is 123 Å². The third-order valence-corrected chi connectivity index (χ3v) is 11.9. The highest BCUT2D eigenvalue weighted by Crippen LogP contribution is 2.29. The molecular weight excluding hydrogens is 608 g/mol. The lowest BCUT2D eigenvalue weighted by atomic mass is 9.95. The van der Waals surface area contributed by atoms with E-state index in [4.69, 9.17) is 9.98 Å². The number of halogens is 1. The van der Waals surface area contributed by atoms with Crippen LogP contribution in [0, 0.1) is 0 Å². The summed E-state index contributed by atoms with van der Waals surface area (Å²) >= 11 is 7.66. The Bertz CT molecular complexity index is 975. The zero-order valence-corrected chi connectivity index (χ0v) is 28.4. The first-order valence-electron chi connectivity index (χ1n) is 16.9. The molecule has 41 heavy (non-hydrogen) atoms. The van der Waals surface area contributed by atoms with E-state index in [-0.39, 0.29) is 0 Å². The Balaban J connectivity index is 1.25. The molecule has 5 rings (SSSR count). The Morgan fingerprint density at radius 3 is 1.46 bits per heavy atom. The van der Waals surface area contributed by atoms with Crippen molar-refractivity contribution >= 4 is 49.8 Å². The van der Waals surface area contributed by atoms with Crippen molar-refractivity contribution < 1.29 is 0 Å². The summed E-state index contributed by atoms with van der Waals surface area (Å²) in [6.07, 6.45) is 26.5. The molecule has 0 saturated heterocycles. The van der Waals surface area contributed by atoms with Gasteiger partial charge >= 0.3 is 0 Å². The van der Waals surface area contributed by atoms with Crippen molar-refractivity contribution in [1.82, 2.24) is 10.6 Å². The average molecular weight is 662 g/mol. The number of thioether (sulfide) groups is 2. The lowest BCUT2D eigenvalue weighted by molar-refractivity contribution is 0.410. The van der Waals surface area contributed by atoms with Gasteiger partial charge in [0.2, 0.25) is 0 Å². The van der Waals surface area contributed by atoms with E-state index in [9.17, 15) is 0 Å². The maximum absolute atomic E-state index is 5.32. The minimum absolute atomic E-state index is 0.504. The first-order chi connectivity index (χ1) is 20.2. The fourth-order valence-corrected chi connectivity index (χ4v) is 9.48. The summed E-state index contributed by atoms with van der Waals surface area (Å²) in [7, 11) is 0. The van der Waals surface area contributed by atoms with Crippen molar-refractivity contribution in [2.24, 2.45) is 9.98 Å². The molecule has 1 aromatic carbocycles. The van der Waals surface area contributed by atoms with Crippen LogP contribution in [0.25, 0.3) is 0 Å². The molecule has 0 atom stereocenters. The normalized spacial score (nSPS) is 23.0. The van der Waals surface area contributed by atoms with Gasteiger partial charge in [0.15, 0.2) is 10.3 Å². The maximum Gasteiger partial charge on any atom is 0.157 e. The van der Waals surface area contributed by atoms with Crippen molar-refractivity contribution in [2.75, 3.05) is 0 Å². The summed E-state index contributed by atoms with van der Waals surface area (Å²) in [5.41, 5.74) is 2.86. The highest BCUT2D eigenvalue weighted by atomic mass is 79.9. The maximum atomic E-state index is 5.32. The Labute approximate surface area is 267 Å². The molecule has 0 radical (unpaired) electrons. The summed E-state index contributed by atoms with van der Waals surface area (Å²) in [5.74, 6) is 1.94. The lowest BCUT2D eigenvalue weighted by Crippen LogP contribution is -2.35. The van der Waals surface area contributed by atoms with E-state index in [1.165, 1.54) is 154 Å². The summed E-state index contributed by atoms with van der Waals surface area (Å²) in [5, 5.41) is 10.2. The van der Waals surface area contributed by atoms with Crippen molar-refractivity contribution in [3.8, 4) is 0 Å². The molecule has 0 amide bonds. The minimum atomic E-state index is 0.504. The van der Waals surface area contributed by atoms with Gasteiger partial charge in [-0.2, -0.15) is 0 Å². The first-order valence-corrected chi connectivity index (χ1v) is 19.7. The fourth-order valence-electron chi connectivity index (χ4n) is 6.99. The SMILES string of the molecule is Brc1ccc(CS/C(=N/C2CCCCC2)NC2CCCCC2)c(CS/C(=N/C2CCCCC2)NC2CCCCC2)c1. The topological polar surface area (TPSA) is 48.8 Å². The van der Waals surface area contributed by atoms with Crippen molar-refractivity contribution in [3.63, 3.8) is 0 Å². The largest absolute Gasteiger partial charge is 0.362 e. The second-order valence-electron chi connectivity index (χ2n) is 12.9. The summed E-state index contributed by atoms with van der Waals surface area (Å²) in [6.45, 7) is 0. The van der Waals surface area contributed by atoms with Gasteiger partial charge in [-0.15, -0.1) is 0 Å². The molecule has 1 aromatic rings. The predicted molar refractivity (Wildman–Crippen MR) is 185 cm³/mol. The van der Waals surface area contributed by atoms with Gasteiger partial charge in [-0.25, -0.2) is 0 Å². The van der Waals surface area contributed by atoms with E-state index in [2.05, 4.69) is 44.8 Å². The Kier molecular flexibility index (Phi) is 13.6. The molecule has 4 nitrogen and oxygen atoms in total. The van der Waals surface area contributed by atoms with Gasteiger partial charge in [-0.3, -0.25) is 9.98 Å². The third kappa shape index (κ3) is 11.1. The Morgan fingerprint density at radius 1 is 0.585 bits per heavy atom. The second-order valence-corrected chi connectivity index (χ2v) is 15.7. The number of hydrogen-bond acceptors (Lipinski definition) is 4. The molecule has 4 saturated carbocycles. The van der Waals surface area contributed by atoms with Crippen LogP contribution in [0.5, 0.6) is 0 Å². The van der Waals surface area contributed by atoms with Crippen LogP contribution in [-0.2, 0) is 11.5 Å². The molecule has 0 heterocycles. The highest BCUT2D eigenvalue weighted by molar-refractivity contribution is 9.10. The lowest BCUT2D eigenvalue weighted by Gasteiger charge is -2.26. The van der Waals surface area contributed by atoms with E-state index in [0.29, 0.717) is 24.2 Å². The number of aliphatic imine (C=N–C) groups is 2. The van der Waals surface area contributed by atoms with Gasteiger partial charge in [0.05, 0.1) is 12.1 Å². The van der Waals surface area contributed by atoms with Gasteiger partial charge in [0.25, 0.3) is 0 Å². The van der Waals surface area contributed by atoms with Gasteiger partial charge in [-0.05, 0) is 74.6 Å². The fraction of sp³-hybridized carbons (Fsp3) is 0.765. The van der Waals surface area contributed by atoms with Crippen molar-refractivity contribution in [2.45, 2.75) is 164 Å². The van der Waals surface area contributed by atoms with Crippen LogP contribution in [0.15, 0.2) is 32.7 Å². The zero-order valence-electron chi connectivity index (χ0n) is 25.2. The monoisotopic (exact) mass is 660 g/mol. The molecule has 4 aliphatic carbocycles. The number of amidine groups is 2. The van der Waals surface area contributed by atoms with E-state index < -0.39 is 0 Å². The zero-order chi connectivity index (χ0) is 28.1. The van der Waals surface area contributed by atoms with Crippen LogP contribution in [-0.4, -0.2) is 34.5 Å². The first kappa shape index (κ1) is 31.8. The number of nitrogens with one attached hydrogen (secondary N) is 2. The highest BCUT2D eigenvalue weighted by Gasteiger charge is 2.21. The van der Waals surface area contributed by atoms with Crippen LogP contribution in [0.2, 0.25) is 0 Å². The predicted octanol–water partition coefficient (Wildman–Crippen LogP) is 10.1. The van der Waals surface area contributed by atoms with E-state index >= 15 is 0 Å². The Hall–Kier alpha value is -0.660. The standard InChI is InChI=1S/C34H53BrN4S2/c35-28-22-21-26(24-40-33(36-29-13-5-1-6-14-29)37-30-15-7-2-8-16-30)27(23-28)25-41-34(38-31-17-9-3-10-18-31)39-32-19-11-4-12-20-32/h21-23,29-32H,1-20,24-25H2,(H,36,37)(H,38,39). The van der Waals surface area contributed by atoms with Crippen molar-refractivity contribution in [3.05, 3.63) is 33.8 Å².